The van der Waals surface area contributed by atoms with Crippen LogP contribution < -0.4 is 4.80 Å². The van der Waals surface area contributed by atoms with Crippen molar-refractivity contribution in [3.8, 4) is 11.3 Å². The Balaban J connectivity index is 2.06. The SMILES string of the molecule is CN=c1scc(-c2ccc(Cl)cc2Cl)n1/N=C\c1cccc([N+](=O)[O-])c1. The van der Waals surface area contributed by atoms with Gasteiger partial charge >= 0.3 is 0 Å². The Morgan fingerprint density at radius 2 is 2.04 bits per heavy atom. The molecule has 26 heavy (non-hydrogen) atoms. The Morgan fingerprint density at radius 1 is 1.23 bits per heavy atom. The Hall–Kier alpha value is -2.48. The highest BCUT2D eigenvalue weighted by atomic mass is 35.5. The molecule has 0 amide bonds. The van der Waals surface area contributed by atoms with Crippen LogP contribution in [0.5, 0.6) is 0 Å². The fraction of sp³-hybridized carbons (Fsp3) is 0.0588. The highest BCUT2D eigenvalue weighted by Crippen LogP contribution is 2.30. The first-order chi connectivity index (χ1) is 12.5. The number of non-ortho nitro benzene ring substituents is 1. The molecule has 3 rings (SSSR count). The first-order valence-corrected chi connectivity index (χ1v) is 9.01. The van der Waals surface area contributed by atoms with Crippen LogP contribution in [-0.2, 0) is 0 Å². The Bertz CT molecular complexity index is 1070. The van der Waals surface area contributed by atoms with Crippen LogP contribution in [0.2, 0.25) is 10.0 Å². The standard InChI is InChI=1S/C17H12Cl2N4O2S/c1-20-17-22(21-9-11-3-2-4-13(7-11)23(24)25)16(10-26-17)14-6-5-12(18)8-15(14)19/h2-10H,1H3/b20-17?,21-9-. The summed E-state index contributed by atoms with van der Waals surface area (Å²) in [5.74, 6) is 0. The van der Waals surface area contributed by atoms with Crippen LogP contribution in [0.3, 0.4) is 0 Å². The topological polar surface area (TPSA) is 72.8 Å². The van der Waals surface area contributed by atoms with E-state index in [2.05, 4.69) is 10.1 Å². The lowest BCUT2D eigenvalue weighted by Gasteiger charge is -2.06. The summed E-state index contributed by atoms with van der Waals surface area (Å²) in [4.78, 5) is 15.3. The molecule has 2 aromatic carbocycles. The van der Waals surface area contributed by atoms with Gasteiger partial charge in [-0.25, -0.2) is 4.68 Å². The molecule has 0 saturated carbocycles. The van der Waals surface area contributed by atoms with E-state index in [4.69, 9.17) is 23.2 Å². The molecule has 9 heteroatoms. The van der Waals surface area contributed by atoms with Crippen molar-refractivity contribution in [2.24, 2.45) is 10.1 Å². The van der Waals surface area contributed by atoms with Crippen molar-refractivity contribution in [2.75, 3.05) is 7.05 Å². The third-order valence-electron chi connectivity index (χ3n) is 3.49. The minimum Gasteiger partial charge on any atom is -0.261 e. The maximum absolute atomic E-state index is 10.9. The van der Waals surface area contributed by atoms with Crippen molar-refractivity contribution in [2.45, 2.75) is 0 Å². The number of hydrogen-bond acceptors (Lipinski definition) is 5. The van der Waals surface area contributed by atoms with Gasteiger partial charge in [0, 0.05) is 40.7 Å². The van der Waals surface area contributed by atoms with Gasteiger partial charge in [-0.2, -0.15) is 5.10 Å². The van der Waals surface area contributed by atoms with Crippen LogP contribution in [0.1, 0.15) is 5.56 Å². The van der Waals surface area contributed by atoms with Crippen molar-refractivity contribution < 1.29 is 4.92 Å². The molecular weight excluding hydrogens is 395 g/mol. The zero-order valence-electron chi connectivity index (χ0n) is 13.5. The van der Waals surface area contributed by atoms with Gasteiger partial charge < -0.3 is 0 Å². The predicted molar refractivity (Wildman–Crippen MR) is 105 cm³/mol. The maximum atomic E-state index is 10.9. The molecule has 0 atom stereocenters. The lowest BCUT2D eigenvalue weighted by atomic mass is 10.2. The van der Waals surface area contributed by atoms with Gasteiger partial charge in [0.15, 0.2) is 0 Å². The summed E-state index contributed by atoms with van der Waals surface area (Å²) in [6.07, 6.45) is 1.54. The number of nitro benzene ring substituents is 1. The van der Waals surface area contributed by atoms with Crippen molar-refractivity contribution in [3.63, 3.8) is 0 Å². The lowest BCUT2D eigenvalue weighted by molar-refractivity contribution is -0.384. The van der Waals surface area contributed by atoms with Gasteiger partial charge in [0.25, 0.3) is 5.69 Å². The van der Waals surface area contributed by atoms with E-state index in [1.165, 1.54) is 23.5 Å². The van der Waals surface area contributed by atoms with E-state index in [1.54, 1.807) is 42.2 Å². The third-order valence-corrected chi connectivity index (χ3v) is 4.94. The molecule has 0 bridgehead atoms. The molecule has 0 fully saturated rings. The maximum Gasteiger partial charge on any atom is 0.270 e. The molecule has 0 aliphatic rings. The third kappa shape index (κ3) is 3.85. The summed E-state index contributed by atoms with van der Waals surface area (Å²) in [6.45, 7) is 0. The summed E-state index contributed by atoms with van der Waals surface area (Å²) in [5, 5.41) is 18.3. The van der Waals surface area contributed by atoms with Crippen LogP contribution in [0.15, 0.2) is 57.9 Å². The number of benzene rings is 2. The summed E-state index contributed by atoms with van der Waals surface area (Å²) >= 11 is 13.7. The van der Waals surface area contributed by atoms with E-state index < -0.39 is 4.92 Å². The molecule has 0 radical (unpaired) electrons. The molecule has 0 spiro atoms. The van der Waals surface area contributed by atoms with E-state index in [-0.39, 0.29) is 5.69 Å². The molecular formula is C17H12Cl2N4O2S. The fourth-order valence-electron chi connectivity index (χ4n) is 2.29. The normalized spacial score (nSPS) is 12.0. The van der Waals surface area contributed by atoms with Crippen LogP contribution in [0, 0.1) is 10.1 Å². The van der Waals surface area contributed by atoms with Crippen LogP contribution in [0.25, 0.3) is 11.3 Å². The molecule has 0 aliphatic heterocycles. The molecule has 1 aromatic heterocycles. The van der Waals surface area contributed by atoms with Gasteiger partial charge in [-0.1, -0.05) is 35.3 Å². The second-order valence-corrected chi connectivity index (χ2v) is 6.84. The molecule has 6 nitrogen and oxygen atoms in total. The van der Waals surface area contributed by atoms with Crippen molar-refractivity contribution in [3.05, 3.63) is 78.4 Å². The number of nitrogens with zero attached hydrogens (tertiary/aromatic N) is 4. The van der Waals surface area contributed by atoms with Crippen molar-refractivity contribution in [1.29, 1.82) is 0 Å². The van der Waals surface area contributed by atoms with E-state index >= 15 is 0 Å². The zero-order valence-corrected chi connectivity index (χ0v) is 15.8. The summed E-state index contributed by atoms with van der Waals surface area (Å²) in [5.41, 5.74) is 2.12. The van der Waals surface area contributed by atoms with Gasteiger partial charge in [0.2, 0.25) is 4.80 Å². The Morgan fingerprint density at radius 3 is 2.73 bits per heavy atom. The first kappa shape index (κ1) is 18.3. The molecule has 0 N–H and O–H groups in total. The van der Waals surface area contributed by atoms with E-state index in [9.17, 15) is 10.1 Å². The minimum atomic E-state index is -0.444. The minimum absolute atomic E-state index is 0.00522. The average Bonchev–Trinajstić information content (AvgIpc) is 3.03. The molecule has 0 saturated heterocycles. The highest BCUT2D eigenvalue weighted by Gasteiger charge is 2.11. The summed E-state index contributed by atoms with van der Waals surface area (Å²) in [6, 6.07) is 11.5. The van der Waals surface area contributed by atoms with Gasteiger partial charge in [0.05, 0.1) is 21.9 Å². The molecule has 3 aromatic rings. The molecule has 132 valence electrons. The second kappa shape index (κ2) is 7.82. The quantitative estimate of drug-likeness (QED) is 0.353. The van der Waals surface area contributed by atoms with Gasteiger partial charge in [-0.05, 0) is 18.2 Å². The van der Waals surface area contributed by atoms with E-state index in [0.29, 0.717) is 20.4 Å². The van der Waals surface area contributed by atoms with E-state index in [1.807, 2.05) is 11.4 Å². The number of thiazole rings is 1. The van der Waals surface area contributed by atoms with Crippen molar-refractivity contribution in [1.82, 2.24) is 4.68 Å². The smallest absolute Gasteiger partial charge is 0.261 e. The van der Waals surface area contributed by atoms with Crippen LogP contribution in [0.4, 0.5) is 5.69 Å². The Labute approximate surface area is 162 Å². The van der Waals surface area contributed by atoms with E-state index in [0.717, 1.165) is 11.3 Å². The van der Waals surface area contributed by atoms with Crippen molar-refractivity contribution >= 4 is 46.4 Å². The molecule has 0 unspecified atom stereocenters. The summed E-state index contributed by atoms with van der Waals surface area (Å²) < 4.78 is 1.64. The number of rotatable bonds is 4. The highest BCUT2D eigenvalue weighted by molar-refractivity contribution is 7.07. The Kier molecular flexibility index (Phi) is 5.51. The monoisotopic (exact) mass is 406 g/mol. The average molecular weight is 407 g/mol. The van der Waals surface area contributed by atoms with Gasteiger partial charge in [-0.15, -0.1) is 11.3 Å². The number of hydrogen-bond donors (Lipinski definition) is 0. The number of aromatic nitrogens is 1. The first-order valence-electron chi connectivity index (χ1n) is 7.37. The molecule has 1 heterocycles. The number of halogens is 2. The fourth-order valence-corrected chi connectivity index (χ4v) is 3.59. The number of nitro groups is 1. The largest absolute Gasteiger partial charge is 0.270 e. The second-order valence-electron chi connectivity index (χ2n) is 5.16. The van der Waals surface area contributed by atoms with Crippen LogP contribution >= 0.6 is 34.5 Å². The lowest BCUT2D eigenvalue weighted by Crippen LogP contribution is -2.11. The molecule has 0 aliphatic carbocycles. The zero-order chi connectivity index (χ0) is 18.7. The summed E-state index contributed by atoms with van der Waals surface area (Å²) in [7, 11) is 1.67. The van der Waals surface area contributed by atoms with Gasteiger partial charge in [-0.3, -0.25) is 15.1 Å². The van der Waals surface area contributed by atoms with Gasteiger partial charge in [0.1, 0.15) is 0 Å². The predicted octanol–water partition coefficient (Wildman–Crippen LogP) is 4.84. The van der Waals surface area contributed by atoms with Crippen LogP contribution in [-0.4, -0.2) is 22.9 Å².